The molecular weight excluding hydrogens is 252 g/mol. The normalized spacial score (nSPS) is 19.0. The standard InChI is InChI=1S/C16H20N2O2/c1-10-5-14-15(7-12(10)9-19)17-11(2)6-16(14)18-4-3-13(20)8-18/h5-7,13,19-20H,3-4,8-9H2,1-2H3. The molecule has 2 heterocycles. The van der Waals surface area contributed by atoms with Crippen molar-refractivity contribution in [3.8, 4) is 0 Å². The SMILES string of the molecule is Cc1cc(N2CCC(O)C2)c2cc(C)c(CO)cc2n1. The van der Waals surface area contributed by atoms with E-state index in [1.165, 1.54) is 0 Å². The van der Waals surface area contributed by atoms with Crippen LogP contribution in [0.25, 0.3) is 10.9 Å². The summed E-state index contributed by atoms with van der Waals surface area (Å²) in [4.78, 5) is 6.80. The molecule has 0 aliphatic carbocycles. The molecule has 2 aromatic rings. The Morgan fingerprint density at radius 2 is 2.10 bits per heavy atom. The van der Waals surface area contributed by atoms with E-state index in [1.54, 1.807) is 0 Å². The first-order chi connectivity index (χ1) is 9.58. The molecule has 0 radical (unpaired) electrons. The van der Waals surface area contributed by atoms with E-state index in [9.17, 15) is 10.2 Å². The van der Waals surface area contributed by atoms with Gasteiger partial charge in [-0.2, -0.15) is 0 Å². The Balaban J connectivity index is 2.18. The van der Waals surface area contributed by atoms with E-state index in [0.29, 0.717) is 6.54 Å². The molecule has 0 spiro atoms. The molecule has 1 aliphatic heterocycles. The Hall–Kier alpha value is -1.65. The summed E-state index contributed by atoms with van der Waals surface area (Å²) in [6, 6.07) is 6.14. The van der Waals surface area contributed by atoms with Crippen LogP contribution in [-0.4, -0.2) is 34.4 Å². The van der Waals surface area contributed by atoms with Crippen molar-refractivity contribution in [1.29, 1.82) is 0 Å². The molecule has 2 N–H and O–H groups in total. The van der Waals surface area contributed by atoms with Crippen molar-refractivity contribution < 1.29 is 10.2 Å². The summed E-state index contributed by atoms with van der Waals surface area (Å²) in [5, 5.41) is 20.2. The van der Waals surface area contributed by atoms with Gasteiger partial charge in [0.05, 0.1) is 18.2 Å². The minimum Gasteiger partial charge on any atom is -0.392 e. The van der Waals surface area contributed by atoms with Crippen molar-refractivity contribution in [3.05, 3.63) is 35.0 Å². The van der Waals surface area contributed by atoms with Crippen molar-refractivity contribution in [2.24, 2.45) is 0 Å². The summed E-state index contributed by atoms with van der Waals surface area (Å²) >= 11 is 0. The first kappa shape index (κ1) is 13.3. The molecule has 1 fully saturated rings. The Morgan fingerprint density at radius 1 is 1.30 bits per heavy atom. The molecule has 106 valence electrons. The average Bonchev–Trinajstić information content (AvgIpc) is 2.84. The lowest BCUT2D eigenvalue weighted by molar-refractivity contribution is 0.198. The molecule has 3 rings (SSSR count). The molecule has 1 saturated heterocycles. The van der Waals surface area contributed by atoms with E-state index in [2.05, 4.69) is 22.0 Å². The van der Waals surface area contributed by atoms with Gasteiger partial charge in [0.2, 0.25) is 0 Å². The number of rotatable bonds is 2. The summed E-state index contributed by atoms with van der Waals surface area (Å²) in [6.07, 6.45) is 0.577. The quantitative estimate of drug-likeness (QED) is 0.877. The lowest BCUT2D eigenvalue weighted by Crippen LogP contribution is -2.21. The largest absolute Gasteiger partial charge is 0.392 e. The van der Waals surface area contributed by atoms with Crippen molar-refractivity contribution in [1.82, 2.24) is 4.98 Å². The molecule has 0 bridgehead atoms. The number of pyridine rings is 1. The predicted octanol–water partition coefficient (Wildman–Crippen LogP) is 1.91. The first-order valence-electron chi connectivity index (χ1n) is 7.03. The number of aryl methyl sites for hydroxylation is 2. The number of hydrogen-bond donors (Lipinski definition) is 2. The van der Waals surface area contributed by atoms with Gasteiger partial charge in [0.15, 0.2) is 0 Å². The van der Waals surface area contributed by atoms with Crippen molar-refractivity contribution in [2.45, 2.75) is 33.0 Å². The molecule has 1 aliphatic rings. The second-order valence-corrected chi connectivity index (χ2v) is 5.63. The van der Waals surface area contributed by atoms with Gasteiger partial charge in [-0.15, -0.1) is 0 Å². The predicted molar refractivity (Wildman–Crippen MR) is 80.0 cm³/mol. The van der Waals surface area contributed by atoms with Gasteiger partial charge in [0.25, 0.3) is 0 Å². The number of nitrogens with zero attached hydrogens (tertiary/aromatic N) is 2. The van der Waals surface area contributed by atoms with Gasteiger partial charge in [-0.3, -0.25) is 4.98 Å². The van der Waals surface area contributed by atoms with Crippen LogP contribution in [0.3, 0.4) is 0 Å². The zero-order chi connectivity index (χ0) is 14.3. The number of hydrogen-bond acceptors (Lipinski definition) is 4. The van der Waals surface area contributed by atoms with Crippen LogP contribution < -0.4 is 4.90 Å². The number of aliphatic hydroxyl groups is 2. The van der Waals surface area contributed by atoms with Crippen LogP contribution in [0.15, 0.2) is 18.2 Å². The molecule has 1 aromatic heterocycles. The number of fused-ring (bicyclic) bond motifs is 1. The highest BCUT2D eigenvalue weighted by Gasteiger charge is 2.22. The second-order valence-electron chi connectivity index (χ2n) is 5.63. The van der Waals surface area contributed by atoms with Gasteiger partial charge in [0, 0.05) is 29.9 Å². The molecular formula is C16H20N2O2. The van der Waals surface area contributed by atoms with Crippen LogP contribution in [0.5, 0.6) is 0 Å². The summed E-state index contributed by atoms with van der Waals surface area (Å²) in [5.41, 5.74) is 5.00. The number of anilines is 1. The molecule has 4 heteroatoms. The second kappa shape index (κ2) is 5.04. The van der Waals surface area contributed by atoms with Gasteiger partial charge < -0.3 is 15.1 Å². The van der Waals surface area contributed by atoms with Crippen LogP contribution in [0.1, 0.15) is 23.2 Å². The van der Waals surface area contributed by atoms with Crippen molar-refractivity contribution >= 4 is 16.6 Å². The van der Waals surface area contributed by atoms with Crippen molar-refractivity contribution in [2.75, 3.05) is 18.0 Å². The number of aliphatic hydroxyl groups excluding tert-OH is 2. The third-order valence-corrected chi connectivity index (χ3v) is 4.05. The summed E-state index contributed by atoms with van der Waals surface area (Å²) in [7, 11) is 0. The maximum absolute atomic E-state index is 9.75. The van der Waals surface area contributed by atoms with E-state index >= 15 is 0 Å². The third kappa shape index (κ3) is 2.25. The maximum atomic E-state index is 9.75. The van der Waals surface area contributed by atoms with E-state index in [0.717, 1.165) is 46.4 Å². The highest BCUT2D eigenvalue weighted by Crippen LogP contribution is 2.31. The van der Waals surface area contributed by atoms with E-state index < -0.39 is 0 Å². The Kier molecular flexibility index (Phi) is 3.36. The highest BCUT2D eigenvalue weighted by molar-refractivity contribution is 5.93. The van der Waals surface area contributed by atoms with E-state index in [1.807, 2.05) is 19.9 Å². The van der Waals surface area contributed by atoms with Gasteiger partial charge in [-0.1, -0.05) is 0 Å². The summed E-state index contributed by atoms with van der Waals surface area (Å²) in [5.74, 6) is 0. The molecule has 1 aromatic carbocycles. The van der Waals surface area contributed by atoms with Crippen LogP contribution in [0.2, 0.25) is 0 Å². The first-order valence-corrected chi connectivity index (χ1v) is 7.03. The fourth-order valence-electron chi connectivity index (χ4n) is 2.93. The maximum Gasteiger partial charge on any atom is 0.0731 e. The summed E-state index contributed by atoms with van der Waals surface area (Å²) in [6.45, 7) is 5.58. The van der Waals surface area contributed by atoms with Crippen LogP contribution in [-0.2, 0) is 6.61 Å². The Morgan fingerprint density at radius 3 is 2.75 bits per heavy atom. The van der Waals surface area contributed by atoms with E-state index in [-0.39, 0.29) is 12.7 Å². The molecule has 4 nitrogen and oxygen atoms in total. The Bertz CT molecular complexity index is 654. The smallest absolute Gasteiger partial charge is 0.0731 e. The lowest BCUT2D eigenvalue weighted by Gasteiger charge is -2.21. The lowest BCUT2D eigenvalue weighted by atomic mass is 10.0. The van der Waals surface area contributed by atoms with Gasteiger partial charge in [-0.05, 0) is 49.6 Å². The zero-order valence-electron chi connectivity index (χ0n) is 11.9. The zero-order valence-corrected chi connectivity index (χ0v) is 11.9. The number of benzene rings is 1. The molecule has 1 atom stereocenters. The molecule has 0 saturated carbocycles. The average molecular weight is 272 g/mol. The van der Waals surface area contributed by atoms with Crippen molar-refractivity contribution in [3.63, 3.8) is 0 Å². The Labute approximate surface area is 118 Å². The highest BCUT2D eigenvalue weighted by atomic mass is 16.3. The number of aromatic nitrogens is 1. The fraction of sp³-hybridized carbons (Fsp3) is 0.438. The third-order valence-electron chi connectivity index (χ3n) is 4.05. The molecule has 20 heavy (non-hydrogen) atoms. The van der Waals surface area contributed by atoms with Crippen LogP contribution >= 0.6 is 0 Å². The summed E-state index contributed by atoms with van der Waals surface area (Å²) < 4.78 is 0. The fourth-order valence-corrected chi connectivity index (χ4v) is 2.93. The minimum atomic E-state index is -0.240. The topological polar surface area (TPSA) is 56.6 Å². The van der Waals surface area contributed by atoms with E-state index in [4.69, 9.17) is 0 Å². The molecule has 1 unspecified atom stereocenters. The monoisotopic (exact) mass is 272 g/mol. The van der Waals surface area contributed by atoms with Gasteiger partial charge in [0.1, 0.15) is 0 Å². The molecule has 0 amide bonds. The van der Waals surface area contributed by atoms with Crippen LogP contribution in [0.4, 0.5) is 5.69 Å². The van der Waals surface area contributed by atoms with Crippen LogP contribution in [0, 0.1) is 13.8 Å². The number of β-amino-alcohol motifs (C(OH)–C–C–N with tert-alkyl or cyclic N) is 1. The minimum absolute atomic E-state index is 0.0369. The van der Waals surface area contributed by atoms with Gasteiger partial charge in [-0.25, -0.2) is 0 Å². The van der Waals surface area contributed by atoms with Gasteiger partial charge >= 0.3 is 0 Å².